The minimum absolute atomic E-state index is 0.0465. The molecule has 0 aliphatic carbocycles. The molecule has 2 aromatic rings. The van der Waals surface area contributed by atoms with Gasteiger partial charge in [0.15, 0.2) is 18.1 Å². The van der Waals surface area contributed by atoms with Crippen LogP contribution in [0.15, 0.2) is 39.3 Å². The monoisotopic (exact) mass is 485 g/mol. The van der Waals surface area contributed by atoms with E-state index in [1.165, 1.54) is 6.07 Å². The van der Waals surface area contributed by atoms with Crippen LogP contribution in [0.25, 0.3) is 0 Å². The normalized spacial score (nSPS) is 11.9. The Morgan fingerprint density at radius 1 is 1.15 bits per heavy atom. The molecule has 26 heavy (non-hydrogen) atoms. The summed E-state index contributed by atoms with van der Waals surface area (Å²) in [6, 6.07) is 8.33. The number of fused-ring (bicyclic) bond motifs is 1. The molecule has 0 spiro atoms. The minimum Gasteiger partial charge on any atom is -0.506 e. The second-order valence-corrected chi connectivity index (χ2v) is 7.09. The van der Waals surface area contributed by atoms with E-state index in [0.717, 1.165) is 5.56 Å². The molecule has 9 heteroatoms. The number of carbonyl (C=O) groups is 2. The van der Waals surface area contributed by atoms with Crippen molar-refractivity contribution in [2.24, 2.45) is 0 Å². The summed E-state index contributed by atoms with van der Waals surface area (Å²) in [6.07, 6.45) is 0. The van der Waals surface area contributed by atoms with Crippen molar-refractivity contribution in [2.75, 3.05) is 13.4 Å². The van der Waals surface area contributed by atoms with Gasteiger partial charge >= 0.3 is 5.97 Å². The molecular weight excluding hydrogens is 474 g/mol. The molecule has 136 valence electrons. The number of carbonyl (C=O) groups excluding carboxylic acids is 2. The van der Waals surface area contributed by atoms with E-state index in [9.17, 15) is 14.7 Å². The van der Waals surface area contributed by atoms with Crippen molar-refractivity contribution in [1.29, 1.82) is 0 Å². The molecule has 0 unspecified atom stereocenters. The molecule has 0 fully saturated rings. The fraction of sp³-hybridized carbons (Fsp3) is 0.176. The summed E-state index contributed by atoms with van der Waals surface area (Å²) in [6.45, 7) is -0.0344. The van der Waals surface area contributed by atoms with E-state index >= 15 is 0 Å². The maximum absolute atomic E-state index is 12.0. The van der Waals surface area contributed by atoms with Gasteiger partial charge in [0.25, 0.3) is 5.91 Å². The van der Waals surface area contributed by atoms with Gasteiger partial charge in [0.2, 0.25) is 6.79 Å². The second-order valence-electron chi connectivity index (χ2n) is 5.32. The quantitative estimate of drug-likeness (QED) is 0.630. The Labute approximate surface area is 165 Å². The zero-order valence-corrected chi connectivity index (χ0v) is 16.4. The fourth-order valence-corrected chi connectivity index (χ4v) is 3.46. The predicted molar refractivity (Wildman–Crippen MR) is 98.2 cm³/mol. The Morgan fingerprint density at radius 3 is 2.73 bits per heavy atom. The Bertz CT molecular complexity index is 871. The van der Waals surface area contributed by atoms with E-state index in [-0.39, 0.29) is 24.7 Å². The van der Waals surface area contributed by atoms with Crippen LogP contribution in [0, 0.1) is 0 Å². The number of esters is 1. The van der Waals surface area contributed by atoms with Crippen molar-refractivity contribution in [3.05, 3.63) is 50.4 Å². The largest absolute Gasteiger partial charge is 0.506 e. The van der Waals surface area contributed by atoms with Crippen LogP contribution in [-0.2, 0) is 16.1 Å². The lowest BCUT2D eigenvalue weighted by Gasteiger charge is -2.09. The smallest absolute Gasteiger partial charge is 0.342 e. The minimum atomic E-state index is -0.803. The number of halogens is 2. The number of hydrogen-bond acceptors (Lipinski definition) is 6. The summed E-state index contributed by atoms with van der Waals surface area (Å²) in [5.41, 5.74) is 0.775. The van der Waals surface area contributed by atoms with Crippen LogP contribution in [-0.4, -0.2) is 30.4 Å². The molecule has 0 atom stereocenters. The number of amides is 1. The van der Waals surface area contributed by atoms with Crippen molar-refractivity contribution in [3.8, 4) is 17.2 Å². The van der Waals surface area contributed by atoms with Crippen LogP contribution < -0.4 is 14.8 Å². The van der Waals surface area contributed by atoms with Crippen molar-refractivity contribution < 1.29 is 28.9 Å². The van der Waals surface area contributed by atoms with Gasteiger partial charge < -0.3 is 24.6 Å². The van der Waals surface area contributed by atoms with Crippen LogP contribution in [0.3, 0.4) is 0 Å². The molecule has 0 aromatic heterocycles. The van der Waals surface area contributed by atoms with Crippen LogP contribution >= 0.6 is 31.9 Å². The van der Waals surface area contributed by atoms with E-state index in [1.54, 1.807) is 24.3 Å². The Kier molecular flexibility index (Phi) is 5.67. The molecule has 7 nitrogen and oxygen atoms in total. The number of phenolic OH excluding ortho intramolecular Hbond substituents is 1. The summed E-state index contributed by atoms with van der Waals surface area (Å²) in [5.74, 6) is -0.237. The van der Waals surface area contributed by atoms with Gasteiger partial charge in [0.05, 0.1) is 4.47 Å². The summed E-state index contributed by atoms with van der Waals surface area (Å²) < 4.78 is 16.4. The summed E-state index contributed by atoms with van der Waals surface area (Å²) in [5, 5.41) is 12.5. The van der Waals surface area contributed by atoms with Gasteiger partial charge in [-0.15, -0.1) is 0 Å². The molecule has 0 saturated carbocycles. The second kappa shape index (κ2) is 7.96. The molecule has 0 bridgehead atoms. The number of ether oxygens (including phenoxy) is 3. The van der Waals surface area contributed by atoms with Crippen LogP contribution in [0.4, 0.5) is 0 Å². The molecule has 1 amide bonds. The maximum Gasteiger partial charge on any atom is 0.342 e. The maximum atomic E-state index is 12.0. The number of benzene rings is 2. The molecule has 3 rings (SSSR count). The first kappa shape index (κ1) is 18.5. The highest BCUT2D eigenvalue weighted by atomic mass is 79.9. The first-order valence-electron chi connectivity index (χ1n) is 7.44. The third-order valence-corrected chi connectivity index (χ3v) is 4.57. The standard InChI is InChI=1S/C17H13Br2NO6/c18-10-4-11(16(22)12(19)5-10)17(23)24-7-15(21)20-6-9-1-2-13-14(3-9)26-8-25-13/h1-5,22H,6-8H2,(H,20,21). The number of aromatic hydroxyl groups is 1. The number of rotatable bonds is 5. The van der Waals surface area contributed by atoms with Gasteiger partial charge in [-0.05, 0) is 45.8 Å². The molecule has 0 radical (unpaired) electrons. The van der Waals surface area contributed by atoms with E-state index in [2.05, 4.69) is 37.2 Å². The number of phenols is 1. The van der Waals surface area contributed by atoms with Gasteiger partial charge in [-0.1, -0.05) is 22.0 Å². The SMILES string of the molecule is O=C(COC(=O)c1cc(Br)cc(Br)c1O)NCc1ccc2c(c1)OCO2. The van der Waals surface area contributed by atoms with Crippen molar-refractivity contribution in [1.82, 2.24) is 5.32 Å². The van der Waals surface area contributed by atoms with Crippen LogP contribution in [0.2, 0.25) is 0 Å². The fourth-order valence-electron chi connectivity index (χ4n) is 2.23. The van der Waals surface area contributed by atoms with E-state index in [0.29, 0.717) is 20.4 Å². The Morgan fingerprint density at radius 2 is 1.92 bits per heavy atom. The number of nitrogens with one attached hydrogen (secondary N) is 1. The Balaban J connectivity index is 1.52. The van der Waals surface area contributed by atoms with Gasteiger partial charge in [-0.2, -0.15) is 0 Å². The van der Waals surface area contributed by atoms with Crippen LogP contribution in [0.5, 0.6) is 17.2 Å². The summed E-state index contributed by atoms with van der Waals surface area (Å²) in [7, 11) is 0. The molecule has 1 aliphatic heterocycles. The van der Waals surface area contributed by atoms with E-state index < -0.39 is 18.5 Å². The van der Waals surface area contributed by atoms with Gasteiger partial charge in [-0.25, -0.2) is 4.79 Å². The first-order chi connectivity index (χ1) is 12.4. The molecule has 1 aliphatic rings. The molecular formula is C17H13Br2NO6. The lowest BCUT2D eigenvalue weighted by Crippen LogP contribution is -2.28. The van der Waals surface area contributed by atoms with Crippen molar-refractivity contribution in [2.45, 2.75) is 6.54 Å². The topological polar surface area (TPSA) is 94.1 Å². The number of hydrogen-bond donors (Lipinski definition) is 2. The first-order valence-corrected chi connectivity index (χ1v) is 9.03. The van der Waals surface area contributed by atoms with Gasteiger partial charge in [0, 0.05) is 11.0 Å². The predicted octanol–water partition coefficient (Wildman–Crippen LogP) is 3.12. The van der Waals surface area contributed by atoms with E-state index in [4.69, 9.17) is 14.2 Å². The Hall–Kier alpha value is -2.26. The molecule has 2 aromatic carbocycles. The molecule has 1 heterocycles. The average molecular weight is 487 g/mol. The van der Waals surface area contributed by atoms with Gasteiger partial charge in [-0.3, -0.25) is 4.79 Å². The highest BCUT2D eigenvalue weighted by Crippen LogP contribution is 2.33. The third-order valence-electron chi connectivity index (χ3n) is 3.51. The molecule has 2 N–H and O–H groups in total. The average Bonchev–Trinajstić information content (AvgIpc) is 3.08. The highest BCUT2D eigenvalue weighted by Gasteiger charge is 2.18. The zero-order chi connectivity index (χ0) is 18.7. The van der Waals surface area contributed by atoms with Crippen LogP contribution in [0.1, 0.15) is 15.9 Å². The summed E-state index contributed by atoms with van der Waals surface area (Å²) in [4.78, 5) is 23.9. The van der Waals surface area contributed by atoms with E-state index in [1.807, 2.05) is 0 Å². The van der Waals surface area contributed by atoms with Crippen molar-refractivity contribution in [3.63, 3.8) is 0 Å². The lowest BCUT2D eigenvalue weighted by molar-refractivity contribution is -0.124. The summed E-state index contributed by atoms with van der Waals surface area (Å²) >= 11 is 6.35. The molecule has 0 saturated heterocycles. The third kappa shape index (κ3) is 4.28. The van der Waals surface area contributed by atoms with Crippen molar-refractivity contribution >= 4 is 43.7 Å². The lowest BCUT2D eigenvalue weighted by atomic mass is 10.2. The van der Waals surface area contributed by atoms with Gasteiger partial charge in [0.1, 0.15) is 11.3 Å². The zero-order valence-electron chi connectivity index (χ0n) is 13.3. The highest BCUT2D eigenvalue weighted by molar-refractivity contribution is 9.11.